The van der Waals surface area contributed by atoms with Gasteiger partial charge in [-0.3, -0.25) is 4.90 Å². The highest BCUT2D eigenvalue weighted by Gasteiger charge is 2.36. The van der Waals surface area contributed by atoms with Crippen LogP contribution in [0.2, 0.25) is 5.02 Å². The van der Waals surface area contributed by atoms with Crippen LogP contribution in [0.4, 0.5) is 8.78 Å². The number of benzene rings is 1. The van der Waals surface area contributed by atoms with Crippen molar-refractivity contribution in [1.82, 2.24) is 10.2 Å². The summed E-state index contributed by atoms with van der Waals surface area (Å²) in [5.74, 6) is -0.517. The molecule has 2 nitrogen and oxygen atoms in total. The van der Waals surface area contributed by atoms with Crippen molar-refractivity contribution in [3.8, 4) is 0 Å². The average Bonchev–Trinajstić information content (AvgIpc) is 2.41. The van der Waals surface area contributed by atoms with E-state index < -0.39 is 5.82 Å². The third-order valence-corrected chi connectivity index (χ3v) is 4.90. The van der Waals surface area contributed by atoms with Crippen molar-refractivity contribution in [3.63, 3.8) is 0 Å². The van der Waals surface area contributed by atoms with Crippen molar-refractivity contribution in [2.45, 2.75) is 25.3 Å². The van der Waals surface area contributed by atoms with E-state index in [1.54, 1.807) is 0 Å². The second kappa shape index (κ2) is 8.65. The number of nitrogens with zero attached hydrogens (tertiary/aromatic N) is 1. The van der Waals surface area contributed by atoms with Gasteiger partial charge in [0.15, 0.2) is 0 Å². The third-order valence-electron chi connectivity index (χ3n) is 4.52. The predicted octanol–water partition coefficient (Wildman–Crippen LogP) is 4.21. The molecule has 0 unspecified atom stereocenters. The lowest BCUT2D eigenvalue weighted by atomic mass is 9.76. The summed E-state index contributed by atoms with van der Waals surface area (Å²) < 4.78 is 28.0. The Kier molecular flexibility index (Phi) is 7.83. The highest BCUT2D eigenvalue weighted by atomic mass is 35.5. The lowest BCUT2D eigenvalue weighted by molar-refractivity contribution is 0.0810. The van der Waals surface area contributed by atoms with Gasteiger partial charge in [0.1, 0.15) is 11.6 Å². The molecule has 22 heavy (non-hydrogen) atoms. The predicted molar refractivity (Wildman–Crippen MR) is 90.4 cm³/mol. The summed E-state index contributed by atoms with van der Waals surface area (Å²) in [6.07, 6.45) is 3.31. The summed E-state index contributed by atoms with van der Waals surface area (Å²) in [6, 6.07) is 2.22. The number of halogens is 5. The molecule has 1 aliphatic carbocycles. The molecule has 1 saturated carbocycles. The SMILES string of the molecule is Cl.Cl.Fc1ccc(F)c([C@@H](C2CCC2)N2CCNCC2)c1Cl. The zero-order chi connectivity index (χ0) is 14.1. The van der Waals surface area contributed by atoms with Crippen LogP contribution in [0.25, 0.3) is 0 Å². The van der Waals surface area contributed by atoms with Gasteiger partial charge in [-0.25, -0.2) is 8.78 Å². The topological polar surface area (TPSA) is 15.3 Å². The summed E-state index contributed by atoms with van der Waals surface area (Å²) >= 11 is 6.08. The minimum absolute atomic E-state index is 0. The molecule has 7 heteroatoms. The van der Waals surface area contributed by atoms with Crippen LogP contribution in [-0.2, 0) is 0 Å². The highest BCUT2D eigenvalue weighted by Crippen LogP contribution is 2.44. The maximum atomic E-state index is 14.3. The molecule has 0 bridgehead atoms. The van der Waals surface area contributed by atoms with Crippen LogP contribution < -0.4 is 5.32 Å². The van der Waals surface area contributed by atoms with Crippen molar-refractivity contribution < 1.29 is 8.78 Å². The first-order valence-corrected chi connectivity index (χ1v) is 7.64. The Morgan fingerprint density at radius 2 is 1.68 bits per heavy atom. The largest absolute Gasteiger partial charge is 0.314 e. The van der Waals surface area contributed by atoms with Crippen molar-refractivity contribution in [2.24, 2.45) is 5.92 Å². The van der Waals surface area contributed by atoms with Crippen LogP contribution in [0.5, 0.6) is 0 Å². The number of rotatable bonds is 3. The molecular weight excluding hydrogens is 353 g/mol. The van der Waals surface area contributed by atoms with E-state index in [2.05, 4.69) is 10.2 Å². The Labute approximate surface area is 147 Å². The molecule has 1 aromatic rings. The van der Waals surface area contributed by atoms with Crippen LogP contribution in [0.15, 0.2) is 12.1 Å². The summed E-state index contributed by atoms with van der Waals surface area (Å²) in [7, 11) is 0. The van der Waals surface area contributed by atoms with Crippen LogP contribution in [-0.4, -0.2) is 31.1 Å². The molecule has 1 heterocycles. The molecule has 3 rings (SSSR count). The molecule has 2 aliphatic rings. The molecular formula is C15H21Cl3F2N2. The Hall–Kier alpha value is -0.130. The smallest absolute Gasteiger partial charge is 0.142 e. The van der Waals surface area contributed by atoms with E-state index in [1.807, 2.05) is 0 Å². The van der Waals surface area contributed by atoms with E-state index in [9.17, 15) is 8.78 Å². The van der Waals surface area contributed by atoms with E-state index in [4.69, 9.17) is 11.6 Å². The zero-order valence-corrected chi connectivity index (χ0v) is 14.5. The van der Waals surface area contributed by atoms with Gasteiger partial charge < -0.3 is 5.32 Å². The number of nitrogens with one attached hydrogen (secondary N) is 1. The molecule has 1 N–H and O–H groups in total. The van der Waals surface area contributed by atoms with Crippen molar-refractivity contribution in [3.05, 3.63) is 34.4 Å². The van der Waals surface area contributed by atoms with Gasteiger partial charge in [-0.2, -0.15) is 0 Å². The standard InChI is InChI=1S/C15H19ClF2N2.2ClH/c16-14-12(18)5-4-11(17)13(14)15(10-2-1-3-10)20-8-6-19-7-9-20;;/h4-5,10,15,19H,1-3,6-9H2;2*1H/t15-;;/m1../s1. The number of hydrogen-bond donors (Lipinski definition) is 1. The lowest BCUT2D eigenvalue weighted by Crippen LogP contribution is -2.48. The first kappa shape index (κ1) is 19.9. The van der Waals surface area contributed by atoms with Crippen LogP contribution in [0.3, 0.4) is 0 Å². The van der Waals surface area contributed by atoms with Gasteiger partial charge in [0.2, 0.25) is 0 Å². The van der Waals surface area contributed by atoms with Gasteiger partial charge in [0.25, 0.3) is 0 Å². The summed E-state index contributed by atoms with van der Waals surface area (Å²) in [6.45, 7) is 3.48. The molecule has 0 radical (unpaired) electrons. The maximum absolute atomic E-state index is 14.3. The second-order valence-electron chi connectivity index (χ2n) is 5.68. The second-order valence-corrected chi connectivity index (χ2v) is 6.06. The van der Waals surface area contributed by atoms with Gasteiger partial charge >= 0.3 is 0 Å². The fourth-order valence-electron chi connectivity index (χ4n) is 3.25. The molecule has 2 fully saturated rings. The summed E-state index contributed by atoms with van der Waals surface area (Å²) in [4.78, 5) is 2.25. The lowest BCUT2D eigenvalue weighted by Gasteiger charge is -2.43. The zero-order valence-electron chi connectivity index (χ0n) is 12.2. The molecule has 126 valence electrons. The fourth-order valence-corrected chi connectivity index (χ4v) is 3.51. The van der Waals surface area contributed by atoms with E-state index in [0.717, 1.165) is 45.1 Å². The molecule has 1 aromatic carbocycles. The van der Waals surface area contributed by atoms with E-state index >= 15 is 0 Å². The minimum Gasteiger partial charge on any atom is -0.314 e. The Balaban J connectivity index is 0.00000121. The number of hydrogen-bond acceptors (Lipinski definition) is 2. The molecule has 1 aliphatic heterocycles. The Morgan fingerprint density at radius 3 is 2.23 bits per heavy atom. The first-order chi connectivity index (χ1) is 9.68. The Morgan fingerprint density at radius 1 is 1.09 bits per heavy atom. The monoisotopic (exact) mass is 372 g/mol. The van der Waals surface area contributed by atoms with E-state index in [1.165, 1.54) is 12.5 Å². The maximum Gasteiger partial charge on any atom is 0.142 e. The quantitative estimate of drug-likeness (QED) is 0.799. The minimum atomic E-state index is -0.525. The van der Waals surface area contributed by atoms with Crippen LogP contribution in [0.1, 0.15) is 30.9 Å². The van der Waals surface area contributed by atoms with Crippen molar-refractivity contribution >= 4 is 36.4 Å². The molecule has 0 aromatic heterocycles. The van der Waals surface area contributed by atoms with Gasteiger partial charge in [-0.1, -0.05) is 18.0 Å². The van der Waals surface area contributed by atoms with E-state index in [0.29, 0.717) is 11.5 Å². The molecule has 0 amide bonds. The number of piperazine rings is 1. The molecule has 0 spiro atoms. The third kappa shape index (κ3) is 3.85. The highest BCUT2D eigenvalue weighted by molar-refractivity contribution is 6.31. The normalized spacial score (nSPS) is 20.5. The van der Waals surface area contributed by atoms with Crippen LogP contribution >= 0.6 is 36.4 Å². The Bertz CT molecular complexity index is 492. The van der Waals surface area contributed by atoms with Crippen molar-refractivity contribution in [2.75, 3.05) is 26.2 Å². The molecule has 1 saturated heterocycles. The van der Waals surface area contributed by atoms with Gasteiger partial charge in [-0.15, -0.1) is 24.8 Å². The van der Waals surface area contributed by atoms with E-state index in [-0.39, 0.29) is 41.7 Å². The average molecular weight is 374 g/mol. The fraction of sp³-hybridized carbons (Fsp3) is 0.600. The summed E-state index contributed by atoms with van der Waals surface area (Å²) in [5, 5.41) is 3.25. The van der Waals surface area contributed by atoms with Crippen molar-refractivity contribution in [1.29, 1.82) is 0 Å². The van der Waals surface area contributed by atoms with Gasteiger partial charge in [-0.05, 0) is 30.9 Å². The van der Waals surface area contributed by atoms with Gasteiger partial charge in [0, 0.05) is 37.8 Å². The summed E-state index contributed by atoms with van der Waals surface area (Å²) in [5.41, 5.74) is 0.360. The van der Waals surface area contributed by atoms with Crippen LogP contribution in [0, 0.1) is 17.6 Å². The molecule has 1 atom stereocenters. The first-order valence-electron chi connectivity index (χ1n) is 7.26. The van der Waals surface area contributed by atoms with Gasteiger partial charge in [0.05, 0.1) is 5.02 Å².